The summed E-state index contributed by atoms with van der Waals surface area (Å²) in [5.74, 6) is -0.218. The molecule has 2 rings (SSSR count). The van der Waals surface area contributed by atoms with Crippen molar-refractivity contribution in [3.05, 3.63) is 56.4 Å². The largest absolute Gasteiger partial charge is 0.329 e. The molecular formula is C14H16BrFN2S. The molecule has 1 heterocycles. The van der Waals surface area contributed by atoms with Gasteiger partial charge in [-0.3, -0.25) is 4.90 Å². The Morgan fingerprint density at radius 2 is 2.05 bits per heavy atom. The van der Waals surface area contributed by atoms with E-state index < -0.39 is 0 Å². The first-order chi connectivity index (χ1) is 9.10. The first kappa shape index (κ1) is 14.7. The monoisotopic (exact) mass is 342 g/mol. The SMILES string of the molecule is CN(Cc1cc(Br)cs1)C(CN)c1ccc(F)cc1. The van der Waals surface area contributed by atoms with E-state index >= 15 is 0 Å². The summed E-state index contributed by atoms with van der Waals surface area (Å²) in [6.07, 6.45) is 0. The summed E-state index contributed by atoms with van der Waals surface area (Å²) in [6, 6.07) is 8.77. The fourth-order valence-electron chi connectivity index (χ4n) is 2.05. The summed E-state index contributed by atoms with van der Waals surface area (Å²) in [4.78, 5) is 3.46. The molecule has 0 aliphatic heterocycles. The van der Waals surface area contributed by atoms with Gasteiger partial charge in [-0.05, 0) is 46.7 Å². The molecular weight excluding hydrogens is 327 g/mol. The van der Waals surface area contributed by atoms with Crippen molar-refractivity contribution in [3.63, 3.8) is 0 Å². The number of likely N-dealkylation sites (N-methyl/N-ethyl adjacent to an activating group) is 1. The Morgan fingerprint density at radius 3 is 2.58 bits per heavy atom. The topological polar surface area (TPSA) is 29.3 Å². The third-order valence-electron chi connectivity index (χ3n) is 3.04. The third-order valence-corrected chi connectivity index (χ3v) is 4.72. The summed E-state index contributed by atoms with van der Waals surface area (Å²) in [5, 5.41) is 2.07. The van der Waals surface area contributed by atoms with Crippen molar-refractivity contribution in [2.24, 2.45) is 5.73 Å². The van der Waals surface area contributed by atoms with Crippen molar-refractivity contribution in [2.45, 2.75) is 12.6 Å². The van der Waals surface area contributed by atoms with Gasteiger partial charge in [-0.2, -0.15) is 0 Å². The van der Waals surface area contributed by atoms with Crippen LogP contribution < -0.4 is 5.73 Å². The molecule has 1 aromatic heterocycles. The second kappa shape index (κ2) is 6.61. The molecule has 0 spiro atoms. The Kier molecular flexibility index (Phi) is 5.10. The van der Waals surface area contributed by atoms with E-state index in [0.29, 0.717) is 6.54 Å². The zero-order chi connectivity index (χ0) is 13.8. The summed E-state index contributed by atoms with van der Waals surface area (Å²) < 4.78 is 14.1. The molecule has 1 atom stereocenters. The van der Waals surface area contributed by atoms with Gasteiger partial charge >= 0.3 is 0 Å². The normalized spacial score (nSPS) is 12.9. The van der Waals surface area contributed by atoms with Gasteiger partial charge in [0, 0.05) is 33.9 Å². The molecule has 2 nitrogen and oxygen atoms in total. The number of halogens is 2. The Labute approximate surface area is 125 Å². The fourth-order valence-corrected chi connectivity index (χ4v) is 3.56. The highest BCUT2D eigenvalue weighted by atomic mass is 79.9. The highest BCUT2D eigenvalue weighted by Gasteiger charge is 2.16. The van der Waals surface area contributed by atoms with Crippen molar-refractivity contribution in [3.8, 4) is 0 Å². The average molecular weight is 343 g/mol. The van der Waals surface area contributed by atoms with E-state index in [1.165, 1.54) is 17.0 Å². The number of rotatable bonds is 5. The molecule has 0 radical (unpaired) electrons. The molecule has 0 aliphatic carbocycles. The lowest BCUT2D eigenvalue weighted by Crippen LogP contribution is -2.29. The van der Waals surface area contributed by atoms with Gasteiger partial charge in [0.15, 0.2) is 0 Å². The quantitative estimate of drug-likeness (QED) is 0.895. The van der Waals surface area contributed by atoms with Crippen LogP contribution in [0, 0.1) is 5.82 Å². The van der Waals surface area contributed by atoms with E-state index in [1.54, 1.807) is 23.5 Å². The van der Waals surface area contributed by atoms with Gasteiger partial charge in [0.05, 0.1) is 0 Å². The molecule has 0 amide bonds. The van der Waals surface area contributed by atoms with Gasteiger partial charge in [0.1, 0.15) is 5.82 Å². The lowest BCUT2D eigenvalue weighted by molar-refractivity contribution is 0.244. The molecule has 0 fully saturated rings. The highest BCUT2D eigenvalue weighted by molar-refractivity contribution is 9.10. The standard InChI is InChI=1S/C14H16BrFN2S/c1-18(8-13-6-11(15)9-19-13)14(7-17)10-2-4-12(16)5-3-10/h2-6,9,14H,7-8,17H2,1H3. The van der Waals surface area contributed by atoms with E-state index in [-0.39, 0.29) is 11.9 Å². The fraction of sp³-hybridized carbons (Fsp3) is 0.286. The van der Waals surface area contributed by atoms with Crippen LogP contribution in [-0.2, 0) is 6.54 Å². The minimum absolute atomic E-state index is 0.0986. The molecule has 2 aromatic rings. The Bertz CT molecular complexity index is 526. The Balaban J connectivity index is 2.10. The summed E-state index contributed by atoms with van der Waals surface area (Å²) in [5.41, 5.74) is 6.90. The third kappa shape index (κ3) is 3.86. The molecule has 2 N–H and O–H groups in total. The van der Waals surface area contributed by atoms with E-state index in [0.717, 1.165) is 16.6 Å². The number of hydrogen-bond donors (Lipinski definition) is 1. The van der Waals surface area contributed by atoms with E-state index in [1.807, 2.05) is 7.05 Å². The minimum atomic E-state index is -0.218. The predicted octanol–water partition coefficient (Wildman–Crippen LogP) is 3.78. The molecule has 0 saturated carbocycles. The number of thiophene rings is 1. The smallest absolute Gasteiger partial charge is 0.123 e. The summed E-state index contributed by atoms with van der Waals surface area (Å²) in [7, 11) is 2.04. The molecule has 0 aliphatic rings. The average Bonchev–Trinajstić information content (AvgIpc) is 2.78. The number of hydrogen-bond acceptors (Lipinski definition) is 3. The molecule has 102 valence electrons. The van der Waals surface area contributed by atoms with Crippen LogP contribution in [0.2, 0.25) is 0 Å². The van der Waals surface area contributed by atoms with Crippen molar-refractivity contribution < 1.29 is 4.39 Å². The summed E-state index contributed by atoms with van der Waals surface area (Å²) >= 11 is 5.17. The number of nitrogens with zero attached hydrogens (tertiary/aromatic N) is 1. The van der Waals surface area contributed by atoms with Gasteiger partial charge < -0.3 is 5.73 Å². The van der Waals surface area contributed by atoms with Crippen molar-refractivity contribution >= 4 is 27.3 Å². The Morgan fingerprint density at radius 1 is 1.37 bits per heavy atom. The van der Waals surface area contributed by atoms with Gasteiger partial charge in [-0.25, -0.2) is 4.39 Å². The van der Waals surface area contributed by atoms with Crippen molar-refractivity contribution in [2.75, 3.05) is 13.6 Å². The van der Waals surface area contributed by atoms with Crippen LogP contribution >= 0.6 is 27.3 Å². The first-order valence-electron chi connectivity index (χ1n) is 5.99. The van der Waals surface area contributed by atoms with E-state index in [2.05, 4.69) is 32.3 Å². The van der Waals surface area contributed by atoms with Crippen LogP contribution in [0.5, 0.6) is 0 Å². The van der Waals surface area contributed by atoms with Gasteiger partial charge in [0.2, 0.25) is 0 Å². The molecule has 5 heteroatoms. The van der Waals surface area contributed by atoms with Crippen LogP contribution in [0.3, 0.4) is 0 Å². The maximum absolute atomic E-state index is 13.0. The zero-order valence-electron chi connectivity index (χ0n) is 10.6. The first-order valence-corrected chi connectivity index (χ1v) is 7.66. The van der Waals surface area contributed by atoms with Gasteiger partial charge in [0.25, 0.3) is 0 Å². The lowest BCUT2D eigenvalue weighted by Gasteiger charge is -2.26. The maximum atomic E-state index is 13.0. The minimum Gasteiger partial charge on any atom is -0.329 e. The number of benzene rings is 1. The highest BCUT2D eigenvalue weighted by Crippen LogP contribution is 2.25. The van der Waals surface area contributed by atoms with E-state index in [4.69, 9.17) is 5.73 Å². The summed E-state index contributed by atoms with van der Waals surface area (Å²) in [6.45, 7) is 1.34. The second-order valence-corrected chi connectivity index (χ2v) is 6.36. The molecule has 0 saturated heterocycles. The van der Waals surface area contributed by atoms with Crippen molar-refractivity contribution in [1.82, 2.24) is 4.90 Å². The van der Waals surface area contributed by atoms with Crippen LogP contribution in [0.4, 0.5) is 4.39 Å². The van der Waals surface area contributed by atoms with Crippen LogP contribution in [0.25, 0.3) is 0 Å². The number of nitrogens with two attached hydrogens (primary N) is 1. The van der Waals surface area contributed by atoms with Gasteiger partial charge in [-0.15, -0.1) is 11.3 Å². The van der Waals surface area contributed by atoms with Crippen molar-refractivity contribution in [1.29, 1.82) is 0 Å². The molecule has 1 aromatic carbocycles. The van der Waals surface area contributed by atoms with Gasteiger partial charge in [-0.1, -0.05) is 12.1 Å². The molecule has 0 bridgehead atoms. The molecule has 19 heavy (non-hydrogen) atoms. The van der Waals surface area contributed by atoms with Crippen LogP contribution in [0.15, 0.2) is 40.2 Å². The van der Waals surface area contributed by atoms with E-state index in [9.17, 15) is 4.39 Å². The Hall–Kier alpha value is -0.750. The zero-order valence-corrected chi connectivity index (χ0v) is 13.0. The lowest BCUT2D eigenvalue weighted by atomic mass is 10.1. The second-order valence-electron chi connectivity index (χ2n) is 4.45. The van der Waals surface area contributed by atoms with Crippen LogP contribution in [-0.4, -0.2) is 18.5 Å². The predicted molar refractivity (Wildman–Crippen MR) is 81.7 cm³/mol. The van der Waals surface area contributed by atoms with Crippen LogP contribution in [0.1, 0.15) is 16.5 Å². The molecule has 1 unspecified atom stereocenters. The maximum Gasteiger partial charge on any atom is 0.123 e.